The topological polar surface area (TPSA) is 75.4 Å². The average Bonchev–Trinajstić information content (AvgIpc) is 3.32. The van der Waals surface area contributed by atoms with Crippen LogP contribution in [0.3, 0.4) is 0 Å². The Labute approximate surface area is 337 Å². The lowest BCUT2D eigenvalue weighted by atomic mass is 9.91. The van der Waals surface area contributed by atoms with Crippen LogP contribution < -0.4 is 5.32 Å². The molecule has 1 N–H and O–H groups in total. The van der Waals surface area contributed by atoms with Crippen LogP contribution in [-0.4, -0.2) is 26.6 Å². The van der Waals surface area contributed by atoms with Crippen LogP contribution in [0.1, 0.15) is 22.9 Å². The maximum absolute atomic E-state index is 5.06. The van der Waals surface area contributed by atoms with Crippen molar-refractivity contribution >= 4 is 22.4 Å². The molecule has 0 spiro atoms. The maximum atomic E-state index is 5.06. The van der Waals surface area contributed by atoms with Crippen LogP contribution in [0.2, 0.25) is 0 Å². The minimum atomic E-state index is -0.286. The number of rotatable bonds is 8. The number of fused-ring (bicyclic) bond motifs is 1. The molecule has 1 aliphatic rings. The highest BCUT2D eigenvalue weighted by Crippen LogP contribution is 2.37. The van der Waals surface area contributed by atoms with E-state index in [9.17, 15) is 0 Å². The molecule has 0 saturated heterocycles. The second kappa shape index (κ2) is 15.4. The monoisotopic (exact) mass is 744 g/mol. The summed E-state index contributed by atoms with van der Waals surface area (Å²) in [7, 11) is 0. The molecule has 1 aromatic heterocycles. The van der Waals surface area contributed by atoms with Crippen molar-refractivity contribution in [2.75, 3.05) is 0 Å². The molecule has 58 heavy (non-hydrogen) atoms. The fourth-order valence-corrected chi connectivity index (χ4v) is 7.46. The molecule has 1 aliphatic heterocycles. The van der Waals surface area contributed by atoms with Gasteiger partial charge in [-0.2, -0.15) is 0 Å². The normalized spacial score (nSPS) is 13.7. The molecule has 1 atom stereocenters. The number of hydrogen-bond acceptors (Lipinski definition) is 6. The van der Waals surface area contributed by atoms with Gasteiger partial charge in [0.1, 0.15) is 12.0 Å². The third-order valence-electron chi connectivity index (χ3n) is 10.4. The minimum absolute atomic E-state index is 0.286. The number of benzene rings is 8. The van der Waals surface area contributed by atoms with Crippen molar-refractivity contribution in [3.05, 3.63) is 223 Å². The number of amidine groups is 2. The Balaban J connectivity index is 0.960. The molecule has 0 saturated carbocycles. The Morgan fingerprint density at radius 3 is 1.19 bits per heavy atom. The molecular formula is C52H36N6. The van der Waals surface area contributed by atoms with Crippen LogP contribution in [0.15, 0.2) is 216 Å². The van der Waals surface area contributed by atoms with Gasteiger partial charge in [0.2, 0.25) is 0 Å². The van der Waals surface area contributed by atoms with E-state index in [2.05, 4.69) is 115 Å². The summed E-state index contributed by atoms with van der Waals surface area (Å²) >= 11 is 0. The first-order chi connectivity index (χ1) is 28.7. The Hall–Kier alpha value is -7.83. The van der Waals surface area contributed by atoms with Gasteiger partial charge >= 0.3 is 0 Å². The number of aromatic nitrogens is 3. The molecule has 6 heteroatoms. The Bertz CT molecular complexity index is 2870. The molecule has 6 nitrogen and oxygen atoms in total. The molecule has 10 rings (SSSR count). The second-order valence-corrected chi connectivity index (χ2v) is 14.1. The van der Waals surface area contributed by atoms with Crippen LogP contribution in [0.25, 0.3) is 67.2 Å². The third kappa shape index (κ3) is 6.95. The van der Waals surface area contributed by atoms with Crippen molar-refractivity contribution in [2.24, 2.45) is 9.98 Å². The van der Waals surface area contributed by atoms with Gasteiger partial charge in [-0.15, -0.1) is 0 Å². The van der Waals surface area contributed by atoms with Crippen molar-refractivity contribution in [3.8, 4) is 56.4 Å². The molecule has 0 fully saturated rings. The van der Waals surface area contributed by atoms with E-state index in [1.165, 1.54) is 16.3 Å². The summed E-state index contributed by atoms with van der Waals surface area (Å²) in [6, 6.07) is 70.9. The molecular weight excluding hydrogens is 709 g/mol. The fourth-order valence-electron chi connectivity index (χ4n) is 7.46. The summed E-state index contributed by atoms with van der Waals surface area (Å²) in [5.74, 6) is 3.45. The first-order valence-electron chi connectivity index (χ1n) is 19.4. The van der Waals surface area contributed by atoms with Gasteiger partial charge in [0, 0.05) is 27.8 Å². The number of nitrogens with one attached hydrogen (secondary N) is 1. The quantitative estimate of drug-likeness (QED) is 0.168. The molecule has 2 heterocycles. The van der Waals surface area contributed by atoms with E-state index in [0.29, 0.717) is 23.3 Å². The summed E-state index contributed by atoms with van der Waals surface area (Å²) in [5.41, 5.74) is 10.5. The van der Waals surface area contributed by atoms with Gasteiger partial charge < -0.3 is 5.32 Å². The predicted molar refractivity (Wildman–Crippen MR) is 236 cm³/mol. The molecule has 1 unspecified atom stereocenters. The highest BCUT2D eigenvalue weighted by atomic mass is 15.2. The van der Waals surface area contributed by atoms with Gasteiger partial charge in [0.25, 0.3) is 0 Å². The fraction of sp³-hybridized carbons (Fsp3) is 0.0192. The van der Waals surface area contributed by atoms with Crippen molar-refractivity contribution in [2.45, 2.75) is 6.17 Å². The van der Waals surface area contributed by atoms with E-state index < -0.39 is 0 Å². The van der Waals surface area contributed by atoms with Crippen molar-refractivity contribution in [3.63, 3.8) is 0 Å². The van der Waals surface area contributed by atoms with Crippen LogP contribution in [0.4, 0.5) is 0 Å². The number of nitrogens with zero attached hydrogens (tertiary/aromatic N) is 5. The van der Waals surface area contributed by atoms with Gasteiger partial charge in [-0.05, 0) is 38.6 Å². The lowest BCUT2D eigenvalue weighted by Crippen LogP contribution is -2.33. The lowest BCUT2D eigenvalue weighted by molar-refractivity contribution is 0.674. The third-order valence-corrected chi connectivity index (χ3v) is 10.4. The van der Waals surface area contributed by atoms with Crippen LogP contribution >= 0.6 is 0 Å². The van der Waals surface area contributed by atoms with E-state index in [4.69, 9.17) is 24.9 Å². The zero-order chi connectivity index (χ0) is 38.7. The first-order valence-corrected chi connectivity index (χ1v) is 19.4. The Morgan fingerprint density at radius 1 is 0.328 bits per heavy atom. The summed E-state index contributed by atoms with van der Waals surface area (Å²) in [6.45, 7) is 0. The van der Waals surface area contributed by atoms with Crippen LogP contribution in [-0.2, 0) is 0 Å². The average molecular weight is 745 g/mol. The van der Waals surface area contributed by atoms with E-state index in [-0.39, 0.29) is 6.17 Å². The zero-order valence-electron chi connectivity index (χ0n) is 31.4. The van der Waals surface area contributed by atoms with Crippen molar-refractivity contribution in [1.29, 1.82) is 0 Å². The molecule has 8 aromatic carbocycles. The Morgan fingerprint density at radius 2 is 0.707 bits per heavy atom. The summed E-state index contributed by atoms with van der Waals surface area (Å²) in [6.07, 6.45) is -0.286. The van der Waals surface area contributed by atoms with Crippen molar-refractivity contribution in [1.82, 2.24) is 20.3 Å². The maximum Gasteiger partial charge on any atom is 0.164 e. The van der Waals surface area contributed by atoms with Gasteiger partial charge in [0.05, 0.1) is 0 Å². The summed E-state index contributed by atoms with van der Waals surface area (Å²) in [4.78, 5) is 24.7. The standard InChI is InChI=1S/C52H36N6/c1-5-15-37(16-6-1)47-53-48(38-17-7-2-8-18-38)56-51(55-47)41-29-25-35(26-30-41)43-33-34-44(46-24-14-13-23-45(43)46)36-27-31-42(32-28-36)52-57-49(39-19-9-3-10-20-39)54-50(58-52)40-21-11-4-12-22-40/h1-34,51H,(H,53,55,56). The molecule has 274 valence electrons. The first kappa shape index (κ1) is 34.6. The molecule has 0 bridgehead atoms. The van der Waals surface area contributed by atoms with E-state index >= 15 is 0 Å². The molecule has 9 aromatic rings. The lowest BCUT2D eigenvalue weighted by Gasteiger charge is -2.24. The Kier molecular flexibility index (Phi) is 9.18. The van der Waals surface area contributed by atoms with Crippen molar-refractivity contribution < 1.29 is 0 Å². The SMILES string of the molecule is c1ccc(C2=NC(c3ccc(-c4ccc(-c5ccc(-c6nc(-c7ccccc7)nc(-c7ccccc7)n6)cc5)c5ccccc45)cc3)NC(c3ccccc3)=N2)cc1. The van der Waals surface area contributed by atoms with Gasteiger partial charge in [-0.1, -0.05) is 206 Å². The molecule has 0 radical (unpaired) electrons. The highest BCUT2D eigenvalue weighted by Gasteiger charge is 2.21. The van der Waals surface area contributed by atoms with Crippen LogP contribution in [0, 0.1) is 0 Å². The minimum Gasteiger partial charge on any atom is -0.344 e. The van der Waals surface area contributed by atoms with E-state index in [1.807, 2.05) is 97.1 Å². The van der Waals surface area contributed by atoms with E-state index in [1.54, 1.807) is 0 Å². The van der Waals surface area contributed by atoms with Crippen LogP contribution in [0.5, 0.6) is 0 Å². The second-order valence-electron chi connectivity index (χ2n) is 14.1. The predicted octanol–water partition coefficient (Wildman–Crippen LogP) is 11.9. The molecule has 0 aliphatic carbocycles. The van der Waals surface area contributed by atoms with Gasteiger partial charge in [-0.25, -0.2) is 24.9 Å². The van der Waals surface area contributed by atoms with Gasteiger partial charge in [0.15, 0.2) is 23.3 Å². The smallest absolute Gasteiger partial charge is 0.164 e. The molecule has 0 amide bonds. The van der Waals surface area contributed by atoms with Gasteiger partial charge in [-0.3, -0.25) is 0 Å². The largest absolute Gasteiger partial charge is 0.344 e. The summed E-state index contributed by atoms with van der Waals surface area (Å²) in [5, 5.41) is 5.96. The highest BCUT2D eigenvalue weighted by molar-refractivity contribution is 6.13. The summed E-state index contributed by atoms with van der Waals surface area (Å²) < 4.78 is 0. The number of hydrogen-bond donors (Lipinski definition) is 1. The number of aliphatic imine (C=N–C) groups is 2. The van der Waals surface area contributed by atoms with E-state index in [0.717, 1.165) is 55.9 Å². The zero-order valence-corrected chi connectivity index (χ0v) is 31.4.